The molecular formula is C31H34N2O4S. The molecule has 5 rings (SSSR count). The largest absolute Gasteiger partial charge is 0.497 e. The van der Waals surface area contributed by atoms with Gasteiger partial charge in [-0.15, -0.1) is 0 Å². The van der Waals surface area contributed by atoms with Crippen molar-refractivity contribution in [3.63, 3.8) is 0 Å². The van der Waals surface area contributed by atoms with Crippen LogP contribution in [0.4, 0.5) is 0 Å². The number of aryl methyl sites for hydroxylation is 1. The Morgan fingerprint density at radius 1 is 0.816 bits per heavy atom. The van der Waals surface area contributed by atoms with Gasteiger partial charge >= 0.3 is 0 Å². The van der Waals surface area contributed by atoms with Gasteiger partial charge in [-0.3, -0.25) is 4.90 Å². The molecule has 1 atom stereocenters. The first-order valence-corrected chi connectivity index (χ1v) is 14.4. The zero-order chi connectivity index (χ0) is 26.5. The van der Waals surface area contributed by atoms with Gasteiger partial charge in [0.15, 0.2) is 0 Å². The summed E-state index contributed by atoms with van der Waals surface area (Å²) in [6.45, 7) is 5.41. The highest BCUT2D eigenvalue weighted by molar-refractivity contribution is 7.89. The third-order valence-corrected chi connectivity index (χ3v) is 9.05. The fourth-order valence-corrected chi connectivity index (χ4v) is 6.30. The number of fused-ring (bicyclic) bond motifs is 1. The molecule has 1 aliphatic heterocycles. The Hall–Kier alpha value is -3.23. The zero-order valence-corrected chi connectivity index (χ0v) is 22.7. The summed E-state index contributed by atoms with van der Waals surface area (Å²) in [6.07, 6.45) is -0.171. The number of nitrogens with zero attached hydrogens (tertiary/aromatic N) is 2. The summed E-state index contributed by atoms with van der Waals surface area (Å²) >= 11 is 0. The van der Waals surface area contributed by atoms with Gasteiger partial charge in [0.25, 0.3) is 0 Å². The molecule has 1 unspecified atom stereocenters. The molecule has 1 aliphatic rings. The van der Waals surface area contributed by atoms with Crippen molar-refractivity contribution in [1.82, 2.24) is 9.21 Å². The molecule has 0 saturated carbocycles. The quantitative estimate of drug-likeness (QED) is 0.289. The van der Waals surface area contributed by atoms with Crippen molar-refractivity contribution in [1.29, 1.82) is 0 Å². The van der Waals surface area contributed by atoms with Crippen LogP contribution in [-0.2, 0) is 21.4 Å². The molecule has 0 spiro atoms. The molecule has 4 aromatic rings. The van der Waals surface area contributed by atoms with E-state index >= 15 is 0 Å². The summed E-state index contributed by atoms with van der Waals surface area (Å²) < 4.78 is 40.3. The van der Waals surface area contributed by atoms with Crippen LogP contribution in [0.15, 0.2) is 95.9 Å². The third kappa shape index (κ3) is 6.08. The molecule has 7 heteroatoms. The van der Waals surface area contributed by atoms with Crippen molar-refractivity contribution in [2.45, 2.75) is 24.5 Å². The minimum atomic E-state index is -3.56. The van der Waals surface area contributed by atoms with E-state index in [0.717, 1.165) is 27.6 Å². The molecule has 0 radical (unpaired) electrons. The fourth-order valence-electron chi connectivity index (χ4n) is 4.84. The zero-order valence-electron chi connectivity index (χ0n) is 21.9. The second-order valence-electron chi connectivity index (χ2n) is 9.78. The second-order valence-corrected chi connectivity index (χ2v) is 11.7. The lowest BCUT2D eigenvalue weighted by molar-refractivity contribution is 0.00762. The van der Waals surface area contributed by atoms with Gasteiger partial charge in [-0.1, -0.05) is 72.3 Å². The van der Waals surface area contributed by atoms with E-state index in [1.165, 1.54) is 5.56 Å². The molecule has 0 aliphatic carbocycles. The Morgan fingerprint density at radius 2 is 1.55 bits per heavy atom. The van der Waals surface area contributed by atoms with Gasteiger partial charge < -0.3 is 9.47 Å². The number of ether oxygens (including phenoxy) is 2. The van der Waals surface area contributed by atoms with Gasteiger partial charge in [-0.05, 0) is 53.1 Å². The van der Waals surface area contributed by atoms with Crippen LogP contribution < -0.4 is 4.74 Å². The van der Waals surface area contributed by atoms with Crippen molar-refractivity contribution >= 4 is 20.8 Å². The van der Waals surface area contributed by atoms with Crippen molar-refractivity contribution in [2.24, 2.45) is 0 Å². The summed E-state index contributed by atoms with van der Waals surface area (Å²) in [6, 6.07) is 29.5. The molecule has 4 aromatic carbocycles. The number of hydrogen-bond acceptors (Lipinski definition) is 5. The van der Waals surface area contributed by atoms with Crippen molar-refractivity contribution in [2.75, 3.05) is 39.8 Å². The van der Waals surface area contributed by atoms with Crippen LogP contribution in [0.1, 0.15) is 22.8 Å². The first-order valence-electron chi connectivity index (χ1n) is 12.9. The van der Waals surface area contributed by atoms with Crippen LogP contribution in [0.5, 0.6) is 5.75 Å². The molecule has 198 valence electrons. The standard InChI is InChI=1S/C31H34N2O4S/c1-24-10-12-25(13-11-24)23-37-31(28-8-5-9-29(20-28)36-2)22-32-16-18-33(19-17-32)38(34,35)30-15-14-26-6-3-4-7-27(26)21-30/h3-15,20-21,31H,16-19,22-23H2,1-2H3. The van der Waals surface area contributed by atoms with Crippen LogP contribution in [0.25, 0.3) is 10.8 Å². The molecular weight excluding hydrogens is 496 g/mol. The lowest BCUT2D eigenvalue weighted by atomic mass is 10.1. The summed E-state index contributed by atoms with van der Waals surface area (Å²) in [4.78, 5) is 2.63. The van der Waals surface area contributed by atoms with E-state index in [4.69, 9.17) is 9.47 Å². The maximum absolute atomic E-state index is 13.4. The minimum absolute atomic E-state index is 0.171. The van der Waals surface area contributed by atoms with Gasteiger partial charge in [-0.2, -0.15) is 4.31 Å². The van der Waals surface area contributed by atoms with E-state index in [1.807, 2.05) is 48.5 Å². The Morgan fingerprint density at radius 3 is 2.29 bits per heavy atom. The number of sulfonamides is 1. The van der Waals surface area contributed by atoms with E-state index in [2.05, 4.69) is 42.2 Å². The average Bonchev–Trinajstić information content (AvgIpc) is 2.96. The second kappa shape index (κ2) is 11.7. The van der Waals surface area contributed by atoms with Crippen LogP contribution in [0.3, 0.4) is 0 Å². The average molecular weight is 531 g/mol. The number of hydrogen-bond donors (Lipinski definition) is 0. The Labute approximate surface area is 225 Å². The van der Waals surface area contributed by atoms with Crippen LogP contribution in [0.2, 0.25) is 0 Å². The highest BCUT2D eigenvalue weighted by Crippen LogP contribution is 2.27. The molecule has 0 amide bonds. The van der Waals surface area contributed by atoms with Crippen LogP contribution in [-0.4, -0.2) is 57.5 Å². The number of benzene rings is 4. The van der Waals surface area contributed by atoms with Crippen molar-refractivity contribution < 1.29 is 17.9 Å². The molecule has 6 nitrogen and oxygen atoms in total. The van der Waals surface area contributed by atoms with Crippen LogP contribution >= 0.6 is 0 Å². The molecule has 0 aromatic heterocycles. The first kappa shape index (κ1) is 26.4. The molecule has 1 fully saturated rings. The normalized spacial score (nSPS) is 15.9. The van der Waals surface area contributed by atoms with Gasteiger partial charge in [0.05, 0.1) is 24.7 Å². The highest BCUT2D eigenvalue weighted by atomic mass is 32.2. The van der Waals surface area contributed by atoms with E-state index in [0.29, 0.717) is 44.2 Å². The van der Waals surface area contributed by atoms with Crippen molar-refractivity contribution in [3.05, 3.63) is 108 Å². The Kier molecular flexibility index (Phi) is 8.09. The number of piperazine rings is 1. The Balaban J connectivity index is 1.27. The minimum Gasteiger partial charge on any atom is -0.497 e. The highest BCUT2D eigenvalue weighted by Gasteiger charge is 2.30. The molecule has 1 saturated heterocycles. The summed E-state index contributed by atoms with van der Waals surface area (Å²) in [7, 11) is -1.89. The predicted octanol–water partition coefficient (Wildman–Crippen LogP) is 5.42. The molecule has 0 N–H and O–H groups in total. The maximum Gasteiger partial charge on any atom is 0.243 e. The molecule has 0 bridgehead atoms. The fraction of sp³-hybridized carbons (Fsp3) is 0.290. The predicted molar refractivity (Wildman–Crippen MR) is 151 cm³/mol. The lowest BCUT2D eigenvalue weighted by Gasteiger charge is -2.36. The number of methoxy groups -OCH3 is 1. The van der Waals surface area contributed by atoms with Gasteiger partial charge in [0, 0.05) is 32.7 Å². The van der Waals surface area contributed by atoms with E-state index in [9.17, 15) is 8.42 Å². The van der Waals surface area contributed by atoms with Gasteiger partial charge in [0.1, 0.15) is 5.75 Å². The lowest BCUT2D eigenvalue weighted by Crippen LogP contribution is -2.49. The summed E-state index contributed by atoms with van der Waals surface area (Å²) in [5.41, 5.74) is 3.38. The Bertz CT molecular complexity index is 1480. The third-order valence-electron chi connectivity index (χ3n) is 7.15. The smallest absolute Gasteiger partial charge is 0.243 e. The topological polar surface area (TPSA) is 59.1 Å². The molecule has 38 heavy (non-hydrogen) atoms. The summed E-state index contributed by atoms with van der Waals surface area (Å²) in [5.74, 6) is 0.790. The van der Waals surface area contributed by atoms with E-state index in [1.54, 1.807) is 23.5 Å². The first-order chi connectivity index (χ1) is 18.4. The maximum atomic E-state index is 13.4. The van der Waals surface area contributed by atoms with Gasteiger partial charge in [0.2, 0.25) is 10.0 Å². The molecule has 1 heterocycles. The van der Waals surface area contributed by atoms with Crippen molar-refractivity contribution in [3.8, 4) is 5.75 Å². The van der Waals surface area contributed by atoms with Crippen LogP contribution in [0, 0.1) is 6.92 Å². The summed E-state index contributed by atoms with van der Waals surface area (Å²) in [5, 5.41) is 1.96. The SMILES string of the molecule is COc1cccc(C(CN2CCN(S(=O)(=O)c3ccc4ccccc4c3)CC2)OCc2ccc(C)cc2)c1. The van der Waals surface area contributed by atoms with E-state index in [-0.39, 0.29) is 6.10 Å². The van der Waals surface area contributed by atoms with E-state index < -0.39 is 10.0 Å². The number of rotatable bonds is 9. The van der Waals surface area contributed by atoms with Gasteiger partial charge in [-0.25, -0.2) is 8.42 Å². The monoisotopic (exact) mass is 530 g/mol.